The second-order valence-electron chi connectivity index (χ2n) is 8.73. The third-order valence-corrected chi connectivity index (χ3v) is 8.39. The molecule has 0 bridgehead atoms. The van der Waals surface area contributed by atoms with Crippen LogP contribution in [-0.2, 0) is 26.2 Å². The van der Waals surface area contributed by atoms with Crippen LogP contribution >= 0.6 is 23.4 Å². The first-order valence-corrected chi connectivity index (χ1v) is 13.6. The van der Waals surface area contributed by atoms with E-state index in [0.29, 0.717) is 29.1 Å². The molecule has 6 nitrogen and oxygen atoms in total. The summed E-state index contributed by atoms with van der Waals surface area (Å²) in [4.78, 5) is 13.9. The summed E-state index contributed by atoms with van der Waals surface area (Å²) in [5.41, 5.74) is -3.52. The Morgan fingerprint density at radius 1 is 1.22 bits per heavy atom. The molecule has 194 valence electrons. The number of carbonyl (C=O) groups excluding carboxylic acids is 1. The fraction of sp³-hybridized carbons (Fsp3) is 0.375. The van der Waals surface area contributed by atoms with Crippen LogP contribution in [0.4, 0.5) is 13.2 Å². The van der Waals surface area contributed by atoms with Gasteiger partial charge in [0.05, 0.1) is 19.0 Å². The number of aromatic nitrogens is 1. The smallest absolute Gasteiger partial charge is 0.469 e. The maximum atomic E-state index is 13.0. The normalized spacial score (nSPS) is 15.9. The number of alkyl halides is 3. The Bertz CT molecular complexity index is 1420. The zero-order valence-electron chi connectivity index (χ0n) is 19.6. The van der Waals surface area contributed by atoms with Gasteiger partial charge in [0, 0.05) is 44.4 Å². The summed E-state index contributed by atoms with van der Waals surface area (Å²) in [7, 11) is -4.52. The molecule has 1 aliphatic rings. The van der Waals surface area contributed by atoms with Gasteiger partial charge in [-0.1, -0.05) is 37.2 Å². The van der Waals surface area contributed by atoms with E-state index in [9.17, 15) is 26.4 Å². The average Bonchev–Trinajstić information content (AvgIpc) is 3.33. The van der Waals surface area contributed by atoms with Gasteiger partial charge in [-0.05, 0) is 48.2 Å². The van der Waals surface area contributed by atoms with Crippen LogP contribution in [0.15, 0.2) is 46.2 Å². The van der Waals surface area contributed by atoms with Crippen molar-refractivity contribution in [3.8, 4) is 5.75 Å². The molecule has 0 radical (unpaired) electrons. The van der Waals surface area contributed by atoms with Crippen molar-refractivity contribution in [1.29, 1.82) is 0 Å². The van der Waals surface area contributed by atoms with Crippen LogP contribution in [-0.4, -0.2) is 31.6 Å². The lowest BCUT2D eigenvalue weighted by Gasteiger charge is -2.16. The average molecular weight is 562 g/mol. The molecule has 0 saturated heterocycles. The molecule has 0 saturated carbocycles. The van der Waals surface area contributed by atoms with E-state index >= 15 is 0 Å². The number of benzene rings is 2. The van der Waals surface area contributed by atoms with Crippen molar-refractivity contribution in [1.82, 2.24) is 4.57 Å². The minimum Gasteiger partial charge on any atom is -0.469 e. The molecule has 2 heterocycles. The fourth-order valence-corrected chi connectivity index (χ4v) is 6.20. The minimum absolute atomic E-state index is 0.143. The van der Waals surface area contributed by atoms with E-state index in [-0.39, 0.29) is 24.2 Å². The first kappa shape index (κ1) is 26.7. The molecule has 0 aliphatic carbocycles. The molecular formula is C24H23ClF3NO5S2. The molecule has 0 N–H and O–H groups in total. The van der Waals surface area contributed by atoms with Crippen molar-refractivity contribution in [2.45, 2.75) is 60.4 Å². The topological polar surface area (TPSA) is 74.6 Å². The van der Waals surface area contributed by atoms with Gasteiger partial charge in [-0.2, -0.15) is 21.6 Å². The molecule has 1 atom stereocenters. The number of carbonyl (C=O) groups is 1. The number of ether oxygens (including phenoxy) is 1. The Morgan fingerprint density at radius 3 is 2.47 bits per heavy atom. The molecule has 0 spiro atoms. The largest absolute Gasteiger partial charge is 0.534 e. The van der Waals surface area contributed by atoms with E-state index in [4.69, 9.17) is 16.3 Å². The monoisotopic (exact) mass is 561 g/mol. The first-order chi connectivity index (χ1) is 16.8. The Labute approximate surface area is 215 Å². The lowest BCUT2D eigenvalue weighted by Crippen LogP contribution is -2.28. The molecule has 36 heavy (non-hydrogen) atoms. The summed E-state index contributed by atoms with van der Waals surface area (Å²) >= 11 is 7.50. The van der Waals surface area contributed by atoms with Gasteiger partial charge in [-0.25, -0.2) is 0 Å². The molecular weight excluding hydrogens is 539 g/mol. The van der Waals surface area contributed by atoms with Crippen molar-refractivity contribution < 1.29 is 35.3 Å². The zero-order chi connectivity index (χ0) is 26.4. The number of esters is 1. The van der Waals surface area contributed by atoms with Crippen LogP contribution < -0.4 is 4.18 Å². The molecule has 2 aromatic carbocycles. The van der Waals surface area contributed by atoms with E-state index in [0.717, 1.165) is 20.9 Å². The number of fused-ring (bicyclic) bond motifs is 3. The van der Waals surface area contributed by atoms with Crippen LogP contribution in [0.1, 0.15) is 49.8 Å². The van der Waals surface area contributed by atoms with Crippen molar-refractivity contribution in [2.75, 3.05) is 7.11 Å². The summed E-state index contributed by atoms with van der Waals surface area (Å²) < 4.78 is 73.8. The van der Waals surface area contributed by atoms with E-state index < -0.39 is 21.4 Å². The van der Waals surface area contributed by atoms with Gasteiger partial charge < -0.3 is 13.5 Å². The SMILES string of the molecule is COC(=O)CC1CCn2c1c(Sc1ccc(Cl)cc1)c1c(C(C)C)cc(OS(=O)(=O)C(F)(F)F)cc12. The Kier molecular flexibility index (Phi) is 7.29. The zero-order valence-corrected chi connectivity index (χ0v) is 21.9. The summed E-state index contributed by atoms with van der Waals surface area (Å²) in [6.45, 7) is 4.23. The second-order valence-corrected chi connectivity index (χ2v) is 11.8. The number of hydrogen-bond acceptors (Lipinski definition) is 6. The number of halogens is 4. The van der Waals surface area contributed by atoms with Crippen molar-refractivity contribution >= 4 is 50.4 Å². The molecule has 12 heteroatoms. The molecule has 3 aromatic rings. The third kappa shape index (κ3) is 5.05. The molecule has 0 amide bonds. The van der Waals surface area contributed by atoms with Gasteiger partial charge >= 0.3 is 21.6 Å². The van der Waals surface area contributed by atoms with Crippen molar-refractivity contribution in [3.63, 3.8) is 0 Å². The predicted octanol–water partition coefficient (Wildman–Crippen LogP) is 6.85. The number of rotatable bonds is 7. The van der Waals surface area contributed by atoms with Gasteiger partial charge in [0.15, 0.2) is 0 Å². The van der Waals surface area contributed by atoms with Gasteiger partial charge in [0.1, 0.15) is 5.75 Å². The van der Waals surface area contributed by atoms with Crippen LogP contribution in [0.2, 0.25) is 5.02 Å². The lowest BCUT2D eigenvalue weighted by atomic mass is 9.96. The molecule has 1 unspecified atom stereocenters. The Hall–Kier alpha value is -2.37. The highest BCUT2D eigenvalue weighted by Gasteiger charge is 2.48. The summed E-state index contributed by atoms with van der Waals surface area (Å²) in [6.07, 6.45) is 0.765. The van der Waals surface area contributed by atoms with Crippen LogP contribution in [0.25, 0.3) is 10.9 Å². The Balaban J connectivity index is 1.95. The van der Waals surface area contributed by atoms with Crippen LogP contribution in [0, 0.1) is 0 Å². The number of hydrogen-bond donors (Lipinski definition) is 0. The number of methoxy groups -OCH3 is 1. The van der Waals surface area contributed by atoms with E-state index in [1.54, 1.807) is 12.1 Å². The van der Waals surface area contributed by atoms with E-state index in [1.165, 1.54) is 31.0 Å². The van der Waals surface area contributed by atoms with Crippen LogP contribution in [0.3, 0.4) is 0 Å². The van der Waals surface area contributed by atoms with Gasteiger partial charge in [0.2, 0.25) is 0 Å². The number of nitrogens with zero attached hydrogens (tertiary/aromatic N) is 1. The van der Waals surface area contributed by atoms with Crippen molar-refractivity contribution in [3.05, 3.63) is 52.7 Å². The van der Waals surface area contributed by atoms with Gasteiger partial charge in [0.25, 0.3) is 0 Å². The number of aryl methyl sites for hydroxylation is 1. The molecule has 0 fully saturated rings. The highest BCUT2D eigenvalue weighted by Crippen LogP contribution is 2.50. The minimum atomic E-state index is -5.84. The Morgan fingerprint density at radius 2 is 1.89 bits per heavy atom. The van der Waals surface area contributed by atoms with E-state index in [1.807, 2.05) is 30.5 Å². The third-order valence-electron chi connectivity index (χ3n) is 6.04. The predicted molar refractivity (Wildman–Crippen MR) is 131 cm³/mol. The van der Waals surface area contributed by atoms with Crippen molar-refractivity contribution in [2.24, 2.45) is 0 Å². The molecule has 1 aliphatic heterocycles. The molecule has 4 rings (SSSR count). The van der Waals surface area contributed by atoms with Gasteiger partial charge in [-0.3, -0.25) is 4.79 Å². The maximum absolute atomic E-state index is 13.0. The maximum Gasteiger partial charge on any atom is 0.534 e. The lowest BCUT2D eigenvalue weighted by molar-refractivity contribution is -0.141. The highest BCUT2D eigenvalue weighted by atomic mass is 35.5. The standard InChI is InChI=1S/C24H23ClF3NO5S2/c1-13(2)18-11-16(34-36(31,32)24(26,27)28)12-19-21(18)23(35-17-6-4-15(25)5-7-17)22-14(8-9-29(19)22)10-20(30)33-3/h4-7,11-14H,8-10H2,1-3H3. The van der Waals surface area contributed by atoms with Gasteiger partial charge in [-0.15, -0.1) is 0 Å². The highest BCUT2D eigenvalue weighted by molar-refractivity contribution is 7.99. The first-order valence-electron chi connectivity index (χ1n) is 11.0. The van der Waals surface area contributed by atoms with E-state index in [2.05, 4.69) is 4.18 Å². The quantitative estimate of drug-likeness (QED) is 0.178. The second kappa shape index (κ2) is 9.83. The summed E-state index contributed by atoms with van der Waals surface area (Å²) in [5, 5.41) is 1.36. The van der Waals surface area contributed by atoms with Crippen LogP contribution in [0.5, 0.6) is 5.75 Å². The molecule has 1 aromatic heterocycles. The summed E-state index contributed by atoms with van der Waals surface area (Å²) in [5.74, 6) is -1.13. The summed E-state index contributed by atoms with van der Waals surface area (Å²) in [6, 6.07) is 9.89. The fourth-order valence-electron chi connectivity index (χ4n) is 4.42.